The summed E-state index contributed by atoms with van der Waals surface area (Å²) in [6.07, 6.45) is 5.45. The van der Waals surface area contributed by atoms with E-state index in [0.29, 0.717) is 0 Å². The number of nitrogens with one attached hydrogen (secondary N) is 1. The second-order valence-corrected chi connectivity index (χ2v) is 4.12. The van der Waals surface area contributed by atoms with Crippen molar-refractivity contribution in [3.63, 3.8) is 0 Å². The first kappa shape index (κ1) is 11.7. The summed E-state index contributed by atoms with van der Waals surface area (Å²) in [5.41, 5.74) is 0.818. The predicted octanol–water partition coefficient (Wildman–Crippen LogP) is 2.32. The summed E-state index contributed by atoms with van der Waals surface area (Å²) in [5, 5.41) is 3.08. The van der Waals surface area contributed by atoms with Gasteiger partial charge >= 0.3 is 0 Å². The molecule has 0 aliphatic rings. The Morgan fingerprint density at radius 3 is 2.27 bits per heavy atom. The number of halogens is 1. The molecule has 1 nitrogen and oxygen atoms in total. The molecule has 0 amide bonds. The molecule has 0 radical (unpaired) electrons. The van der Waals surface area contributed by atoms with Crippen LogP contribution in [0.25, 0.3) is 0 Å². The maximum Gasteiger partial charge on any atom is 0.123 e. The Balaban J connectivity index is 3.05. The van der Waals surface area contributed by atoms with E-state index in [9.17, 15) is 4.39 Å². The van der Waals surface area contributed by atoms with E-state index in [-0.39, 0.29) is 17.3 Å². The minimum absolute atomic E-state index is 0.0667. The van der Waals surface area contributed by atoms with Gasteiger partial charge in [0.2, 0.25) is 0 Å². The summed E-state index contributed by atoms with van der Waals surface area (Å²) in [5.74, 6) is 2.47. The van der Waals surface area contributed by atoms with E-state index < -0.39 is 0 Å². The first-order chi connectivity index (χ1) is 7.02. The van der Waals surface area contributed by atoms with Crippen LogP contribution in [0, 0.1) is 18.2 Å². The maximum atomic E-state index is 12.8. The lowest BCUT2D eigenvalue weighted by atomic mass is 9.78. The van der Waals surface area contributed by atoms with Crippen LogP contribution in [0.15, 0.2) is 24.3 Å². The lowest BCUT2D eigenvalue weighted by molar-refractivity contribution is 0.426. The molecule has 0 aromatic heterocycles. The highest BCUT2D eigenvalue weighted by Crippen LogP contribution is 2.26. The zero-order valence-electron chi connectivity index (χ0n) is 9.34. The normalized spacial score (nSPS) is 13.3. The van der Waals surface area contributed by atoms with Crippen molar-refractivity contribution in [2.75, 3.05) is 7.05 Å². The van der Waals surface area contributed by atoms with Crippen LogP contribution in [-0.2, 0) is 5.41 Å². The molecule has 0 spiro atoms. The highest BCUT2D eigenvalue weighted by atomic mass is 19.1. The second kappa shape index (κ2) is 4.46. The van der Waals surface area contributed by atoms with E-state index in [1.165, 1.54) is 12.1 Å². The number of likely N-dealkylation sites (N-methyl/N-ethyl adjacent to an activating group) is 1. The minimum Gasteiger partial charge on any atom is -0.306 e. The molecule has 1 rings (SSSR count). The van der Waals surface area contributed by atoms with Gasteiger partial charge in [-0.15, -0.1) is 6.42 Å². The fourth-order valence-electron chi connectivity index (χ4n) is 1.70. The minimum atomic E-state index is -0.226. The molecule has 1 aromatic rings. The zero-order chi connectivity index (χ0) is 11.5. The highest BCUT2D eigenvalue weighted by molar-refractivity contribution is 5.29. The highest BCUT2D eigenvalue weighted by Gasteiger charge is 2.28. The Morgan fingerprint density at radius 1 is 1.33 bits per heavy atom. The van der Waals surface area contributed by atoms with Crippen LogP contribution in [-0.4, -0.2) is 13.1 Å². The summed E-state index contributed by atoms with van der Waals surface area (Å²) in [6.45, 7) is 4.09. The molecule has 0 fully saturated rings. The van der Waals surface area contributed by atoms with Gasteiger partial charge in [0.25, 0.3) is 0 Å². The van der Waals surface area contributed by atoms with E-state index in [4.69, 9.17) is 6.42 Å². The van der Waals surface area contributed by atoms with Crippen molar-refractivity contribution in [2.24, 2.45) is 0 Å². The standard InChI is InChI=1S/C13H16FN/c1-5-12(15-4)13(2,3)10-6-8-11(14)9-7-10/h1,6-9,12,15H,2-4H3. The van der Waals surface area contributed by atoms with Crippen molar-refractivity contribution in [1.29, 1.82) is 0 Å². The van der Waals surface area contributed by atoms with E-state index in [1.807, 2.05) is 20.9 Å². The molecule has 1 aromatic carbocycles. The van der Waals surface area contributed by atoms with Gasteiger partial charge in [-0.05, 0) is 24.7 Å². The van der Waals surface area contributed by atoms with Gasteiger partial charge in [-0.2, -0.15) is 0 Å². The SMILES string of the molecule is C#CC(NC)C(C)(C)c1ccc(F)cc1. The molecule has 1 atom stereocenters. The largest absolute Gasteiger partial charge is 0.306 e. The molecular formula is C13H16FN. The summed E-state index contributed by atoms with van der Waals surface area (Å²) < 4.78 is 12.8. The third-order valence-electron chi connectivity index (χ3n) is 2.77. The Morgan fingerprint density at radius 2 is 1.87 bits per heavy atom. The van der Waals surface area contributed by atoms with Crippen molar-refractivity contribution >= 4 is 0 Å². The topological polar surface area (TPSA) is 12.0 Å². The second-order valence-electron chi connectivity index (χ2n) is 4.12. The smallest absolute Gasteiger partial charge is 0.123 e. The van der Waals surface area contributed by atoms with Crippen molar-refractivity contribution in [1.82, 2.24) is 5.32 Å². The molecule has 0 aliphatic carbocycles. The van der Waals surface area contributed by atoms with Crippen LogP contribution in [0.4, 0.5) is 4.39 Å². The third kappa shape index (κ3) is 2.37. The van der Waals surface area contributed by atoms with Gasteiger partial charge in [-0.25, -0.2) is 4.39 Å². The van der Waals surface area contributed by atoms with Gasteiger partial charge in [0.05, 0.1) is 6.04 Å². The van der Waals surface area contributed by atoms with Crippen LogP contribution in [0.5, 0.6) is 0 Å². The van der Waals surface area contributed by atoms with Crippen LogP contribution in [0.2, 0.25) is 0 Å². The van der Waals surface area contributed by atoms with Gasteiger partial charge in [0, 0.05) is 5.41 Å². The monoisotopic (exact) mass is 205 g/mol. The van der Waals surface area contributed by atoms with Gasteiger partial charge in [0.1, 0.15) is 5.82 Å². The van der Waals surface area contributed by atoms with Gasteiger partial charge in [-0.1, -0.05) is 31.9 Å². The van der Waals surface area contributed by atoms with Crippen LogP contribution in [0.3, 0.4) is 0 Å². The average molecular weight is 205 g/mol. The van der Waals surface area contributed by atoms with Gasteiger partial charge in [-0.3, -0.25) is 0 Å². The maximum absolute atomic E-state index is 12.8. The number of terminal acetylenes is 1. The predicted molar refractivity (Wildman–Crippen MR) is 61.1 cm³/mol. The molecule has 1 unspecified atom stereocenters. The van der Waals surface area contributed by atoms with E-state index >= 15 is 0 Å². The molecule has 0 aliphatic heterocycles. The first-order valence-corrected chi connectivity index (χ1v) is 4.92. The van der Waals surface area contributed by atoms with E-state index in [1.54, 1.807) is 12.1 Å². The molecule has 0 bridgehead atoms. The Bertz CT molecular complexity index is 359. The molecule has 15 heavy (non-hydrogen) atoms. The molecule has 0 heterocycles. The third-order valence-corrected chi connectivity index (χ3v) is 2.77. The Hall–Kier alpha value is -1.33. The van der Waals surface area contributed by atoms with Crippen molar-refractivity contribution in [3.8, 4) is 12.3 Å². The van der Waals surface area contributed by atoms with Crippen molar-refractivity contribution < 1.29 is 4.39 Å². The molecule has 0 saturated heterocycles. The van der Waals surface area contributed by atoms with E-state index in [0.717, 1.165) is 5.56 Å². The molecule has 0 saturated carbocycles. The number of hydrogen-bond donors (Lipinski definition) is 1. The summed E-state index contributed by atoms with van der Waals surface area (Å²) in [4.78, 5) is 0. The van der Waals surface area contributed by atoms with Gasteiger partial charge < -0.3 is 5.32 Å². The fourth-order valence-corrected chi connectivity index (χ4v) is 1.70. The zero-order valence-corrected chi connectivity index (χ0v) is 9.34. The van der Waals surface area contributed by atoms with Crippen molar-refractivity contribution in [3.05, 3.63) is 35.6 Å². The van der Waals surface area contributed by atoms with Crippen LogP contribution >= 0.6 is 0 Å². The molecule has 2 heteroatoms. The molecule has 80 valence electrons. The fraction of sp³-hybridized carbons (Fsp3) is 0.385. The van der Waals surface area contributed by atoms with Crippen LogP contribution in [0.1, 0.15) is 19.4 Å². The summed E-state index contributed by atoms with van der Waals surface area (Å²) in [7, 11) is 1.83. The number of benzene rings is 1. The Labute approximate surface area is 90.7 Å². The summed E-state index contributed by atoms with van der Waals surface area (Å²) in [6, 6.07) is 6.40. The first-order valence-electron chi connectivity index (χ1n) is 4.92. The number of hydrogen-bond acceptors (Lipinski definition) is 1. The quantitative estimate of drug-likeness (QED) is 0.747. The molecule has 1 N–H and O–H groups in total. The van der Waals surface area contributed by atoms with E-state index in [2.05, 4.69) is 11.2 Å². The lowest BCUT2D eigenvalue weighted by Gasteiger charge is -2.31. The van der Waals surface area contributed by atoms with Gasteiger partial charge in [0.15, 0.2) is 0 Å². The van der Waals surface area contributed by atoms with Crippen LogP contribution < -0.4 is 5.32 Å². The Kier molecular flexibility index (Phi) is 3.49. The lowest BCUT2D eigenvalue weighted by Crippen LogP contribution is -2.41. The molecular weight excluding hydrogens is 189 g/mol. The summed E-state index contributed by atoms with van der Waals surface area (Å²) >= 11 is 0. The number of rotatable bonds is 3. The average Bonchev–Trinajstić information content (AvgIpc) is 2.19. The van der Waals surface area contributed by atoms with Crippen molar-refractivity contribution in [2.45, 2.75) is 25.3 Å².